The monoisotopic (exact) mass is 250 g/mol. The second-order valence-electron chi connectivity index (χ2n) is 4.70. The molecule has 0 aliphatic carbocycles. The molecule has 0 aromatic heterocycles. The third-order valence-corrected chi connectivity index (χ3v) is 2.52. The maximum Gasteiger partial charge on any atom is 0.223 e. The second kappa shape index (κ2) is 7.58. The molecule has 0 aliphatic rings. The number of ether oxygens (including phenoxy) is 1. The predicted molar refractivity (Wildman–Crippen MR) is 73.4 cm³/mol. The van der Waals surface area contributed by atoms with Gasteiger partial charge in [-0.15, -0.1) is 0 Å². The van der Waals surface area contributed by atoms with Gasteiger partial charge in [0.2, 0.25) is 5.91 Å². The molecule has 1 amide bonds. The highest BCUT2D eigenvalue weighted by atomic mass is 16.5. The molecule has 4 nitrogen and oxygen atoms in total. The lowest BCUT2D eigenvalue weighted by Gasteiger charge is -2.08. The van der Waals surface area contributed by atoms with Crippen LogP contribution in [0.1, 0.15) is 26.7 Å². The molecule has 0 radical (unpaired) electrons. The number of nitrogens with two attached hydrogens (primary N) is 1. The van der Waals surface area contributed by atoms with Crippen molar-refractivity contribution in [2.45, 2.75) is 26.7 Å². The predicted octanol–water partition coefficient (Wildman–Crippen LogP) is 2.20. The molecule has 4 heteroatoms. The van der Waals surface area contributed by atoms with Gasteiger partial charge in [-0.25, -0.2) is 0 Å². The summed E-state index contributed by atoms with van der Waals surface area (Å²) in [6.07, 6.45) is 1.38. The van der Waals surface area contributed by atoms with Gasteiger partial charge in [0, 0.05) is 12.2 Å². The van der Waals surface area contributed by atoms with E-state index >= 15 is 0 Å². The SMILES string of the molecule is CC(C)CCNC(=O)CCOc1ccc(N)cc1. The van der Waals surface area contributed by atoms with Crippen molar-refractivity contribution < 1.29 is 9.53 Å². The lowest BCUT2D eigenvalue weighted by atomic mass is 10.1. The van der Waals surface area contributed by atoms with Crippen molar-refractivity contribution in [1.82, 2.24) is 5.32 Å². The number of benzene rings is 1. The maximum absolute atomic E-state index is 11.5. The number of carbonyl (C=O) groups is 1. The summed E-state index contributed by atoms with van der Waals surface area (Å²) in [5.41, 5.74) is 6.27. The number of carbonyl (C=O) groups excluding carboxylic acids is 1. The molecule has 0 bridgehead atoms. The Hall–Kier alpha value is -1.71. The first kappa shape index (κ1) is 14.4. The molecule has 0 heterocycles. The quantitative estimate of drug-likeness (QED) is 0.729. The van der Waals surface area contributed by atoms with Crippen LogP contribution in [0.3, 0.4) is 0 Å². The summed E-state index contributed by atoms with van der Waals surface area (Å²) in [5.74, 6) is 1.38. The Labute approximate surface area is 109 Å². The van der Waals surface area contributed by atoms with E-state index in [1.54, 1.807) is 24.3 Å². The van der Waals surface area contributed by atoms with Gasteiger partial charge in [0.1, 0.15) is 5.75 Å². The Morgan fingerprint density at radius 3 is 2.61 bits per heavy atom. The zero-order chi connectivity index (χ0) is 13.4. The number of rotatable bonds is 7. The largest absolute Gasteiger partial charge is 0.493 e. The molecule has 0 aliphatic heterocycles. The highest BCUT2D eigenvalue weighted by Gasteiger charge is 2.02. The standard InChI is InChI=1S/C14H22N2O2/c1-11(2)7-9-16-14(17)8-10-18-13-5-3-12(15)4-6-13/h3-6,11H,7-10,15H2,1-2H3,(H,16,17). The molecule has 18 heavy (non-hydrogen) atoms. The van der Waals surface area contributed by atoms with Gasteiger partial charge in [-0.1, -0.05) is 13.8 Å². The molecule has 3 N–H and O–H groups in total. The van der Waals surface area contributed by atoms with Crippen LogP contribution < -0.4 is 15.8 Å². The van der Waals surface area contributed by atoms with Gasteiger partial charge in [0.15, 0.2) is 0 Å². The molecular weight excluding hydrogens is 228 g/mol. The Morgan fingerprint density at radius 2 is 2.00 bits per heavy atom. The van der Waals surface area contributed by atoms with Crippen LogP contribution in [0.4, 0.5) is 5.69 Å². The molecule has 0 saturated carbocycles. The Kier molecular flexibility index (Phi) is 6.05. The van der Waals surface area contributed by atoms with E-state index in [-0.39, 0.29) is 5.91 Å². The molecule has 0 spiro atoms. The first-order valence-electron chi connectivity index (χ1n) is 6.33. The minimum absolute atomic E-state index is 0.0334. The minimum atomic E-state index is 0.0334. The lowest BCUT2D eigenvalue weighted by Crippen LogP contribution is -2.26. The zero-order valence-corrected chi connectivity index (χ0v) is 11.1. The summed E-state index contributed by atoms with van der Waals surface area (Å²) in [4.78, 5) is 11.5. The third-order valence-electron chi connectivity index (χ3n) is 2.52. The van der Waals surface area contributed by atoms with Crippen molar-refractivity contribution >= 4 is 11.6 Å². The molecular formula is C14H22N2O2. The van der Waals surface area contributed by atoms with Gasteiger partial charge < -0.3 is 15.8 Å². The van der Waals surface area contributed by atoms with E-state index in [1.165, 1.54) is 0 Å². The highest BCUT2D eigenvalue weighted by molar-refractivity contribution is 5.75. The first-order valence-corrected chi connectivity index (χ1v) is 6.33. The van der Waals surface area contributed by atoms with Gasteiger partial charge in [-0.2, -0.15) is 0 Å². The van der Waals surface area contributed by atoms with Gasteiger partial charge in [-0.3, -0.25) is 4.79 Å². The molecule has 100 valence electrons. The van der Waals surface area contributed by atoms with Crippen LogP contribution in [-0.4, -0.2) is 19.1 Å². The van der Waals surface area contributed by atoms with Crippen LogP contribution in [-0.2, 0) is 4.79 Å². The minimum Gasteiger partial charge on any atom is -0.493 e. The first-order chi connectivity index (χ1) is 8.58. The van der Waals surface area contributed by atoms with Crippen molar-refractivity contribution in [2.24, 2.45) is 5.92 Å². The summed E-state index contributed by atoms with van der Waals surface area (Å²) in [6, 6.07) is 7.15. The smallest absolute Gasteiger partial charge is 0.223 e. The van der Waals surface area contributed by atoms with Crippen molar-refractivity contribution in [3.05, 3.63) is 24.3 Å². The van der Waals surface area contributed by atoms with Gasteiger partial charge in [-0.05, 0) is 36.6 Å². The molecule has 1 rings (SSSR count). The molecule has 0 unspecified atom stereocenters. The van der Waals surface area contributed by atoms with Crippen LogP contribution in [0.15, 0.2) is 24.3 Å². The normalized spacial score (nSPS) is 10.4. The number of hydrogen-bond acceptors (Lipinski definition) is 3. The number of amides is 1. The Balaban J connectivity index is 2.13. The van der Waals surface area contributed by atoms with Gasteiger partial charge in [0.05, 0.1) is 13.0 Å². The summed E-state index contributed by atoms with van der Waals surface area (Å²) >= 11 is 0. The van der Waals surface area contributed by atoms with E-state index in [1.807, 2.05) is 0 Å². The molecule has 1 aromatic carbocycles. The average molecular weight is 250 g/mol. The Bertz CT molecular complexity index is 361. The molecule has 0 atom stereocenters. The van der Waals surface area contributed by atoms with E-state index in [4.69, 9.17) is 10.5 Å². The highest BCUT2D eigenvalue weighted by Crippen LogP contribution is 2.13. The summed E-state index contributed by atoms with van der Waals surface area (Å²) in [7, 11) is 0. The van der Waals surface area contributed by atoms with Gasteiger partial charge in [0.25, 0.3) is 0 Å². The zero-order valence-electron chi connectivity index (χ0n) is 11.1. The average Bonchev–Trinajstić information content (AvgIpc) is 2.31. The number of nitrogen functional groups attached to an aromatic ring is 1. The van der Waals surface area contributed by atoms with Crippen LogP contribution >= 0.6 is 0 Å². The van der Waals surface area contributed by atoms with Crippen molar-refractivity contribution in [3.8, 4) is 5.75 Å². The second-order valence-corrected chi connectivity index (χ2v) is 4.70. The van der Waals surface area contributed by atoms with Crippen molar-refractivity contribution in [1.29, 1.82) is 0 Å². The molecule has 1 aromatic rings. The van der Waals surface area contributed by atoms with Crippen molar-refractivity contribution in [2.75, 3.05) is 18.9 Å². The third kappa shape index (κ3) is 6.13. The number of hydrogen-bond donors (Lipinski definition) is 2. The number of nitrogens with one attached hydrogen (secondary N) is 1. The topological polar surface area (TPSA) is 64.3 Å². The fraction of sp³-hybridized carbons (Fsp3) is 0.500. The fourth-order valence-corrected chi connectivity index (χ4v) is 1.41. The van der Waals surface area contributed by atoms with Crippen molar-refractivity contribution in [3.63, 3.8) is 0 Å². The van der Waals surface area contributed by atoms with Crippen LogP contribution in [0.25, 0.3) is 0 Å². The molecule has 0 saturated heterocycles. The number of anilines is 1. The van der Waals surface area contributed by atoms with E-state index in [0.29, 0.717) is 24.6 Å². The molecule has 0 fully saturated rings. The van der Waals surface area contributed by atoms with Crippen LogP contribution in [0, 0.1) is 5.92 Å². The summed E-state index contributed by atoms with van der Waals surface area (Å²) in [6.45, 7) is 5.39. The Morgan fingerprint density at radius 1 is 1.33 bits per heavy atom. The summed E-state index contributed by atoms with van der Waals surface area (Å²) < 4.78 is 5.44. The fourth-order valence-electron chi connectivity index (χ4n) is 1.41. The lowest BCUT2D eigenvalue weighted by molar-refractivity contribution is -0.121. The van der Waals surface area contributed by atoms with Crippen LogP contribution in [0.2, 0.25) is 0 Å². The van der Waals surface area contributed by atoms with Crippen LogP contribution in [0.5, 0.6) is 5.75 Å². The maximum atomic E-state index is 11.5. The van der Waals surface area contributed by atoms with E-state index in [9.17, 15) is 4.79 Å². The van der Waals surface area contributed by atoms with Gasteiger partial charge >= 0.3 is 0 Å². The van der Waals surface area contributed by atoms with E-state index < -0.39 is 0 Å². The van der Waals surface area contributed by atoms with E-state index in [0.717, 1.165) is 18.7 Å². The van der Waals surface area contributed by atoms with E-state index in [2.05, 4.69) is 19.2 Å². The summed E-state index contributed by atoms with van der Waals surface area (Å²) in [5, 5.41) is 2.87.